The maximum Gasteiger partial charge on any atom is 0.268 e. The first-order valence-corrected chi connectivity index (χ1v) is 9.53. The van der Waals surface area contributed by atoms with Crippen molar-refractivity contribution in [1.29, 1.82) is 0 Å². The molecule has 1 amide bonds. The summed E-state index contributed by atoms with van der Waals surface area (Å²) in [6, 6.07) is 7.21. The highest BCUT2D eigenvalue weighted by molar-refractivity contribution is 7.13. The molecule has 0 radical (unpaired) electrons. The first-order chi connectivity index (χ1) is 12.5. The molecule has 3 aromatic rings. The monoisotopic (exact) mass is 372 g/mol. The topological polar surface area (TPSA) is 81.2 Å². The normalized spacial score (nSPS) is 17.5. The first kappa shape index (κ1) is 17.0. The standard InChI is InChI=1S/C18H20N4O3S/c1-11(2)16-19-17(25-20-16)13-7-5-9-21(13)15(23)10-22-18(24)12-6-3-4-8-14(12)26-22/h3-4,6,8,11,13H,5,7,9-10H2,1-2H3/t13-/m0/s1. The number of likely N-dealkylation sites (tertiary alicyclic amines) is 1. The number of fused-ring (bicyclic) bond motifs is 1. The molecule has 0 spiro atoms. The van der Waals surface area contributed by atoms with E-state index in [1.165, 1.54) is 15.5 Å². The fourth-order valence-electron chi connectivity index (χ4n) is 3.27. The number of carbonyl (C=O) groups is 1. The van der Waals surface area contributed by atoms with Gasteiger partial charge in [-0.25, -0.2) is 0 Å². The van der Waals surface area contributed by atoms with Gasteiger partial charge in [0.15, 0.2) is 5.82 Å². The van der Waals surface area contributed by atoms with Crippen LogP contribution in [-0.2, 0) is 11.3 Å². The van der Waals surface area contributed by atoms with Crippen LogP contribution in [0, 0.1) is 0 Å². The SMILES string of the molecule is CC(C)c1noc([C@@H]2CCCN2C(=O)Cn2sc3ccccc3c2=O)n1. The van der Waals surface area contributed by atoms with E-state index in [-0.39, 0.29) is 30.0 Å². The largest absolute Gasteiger partial charge is 0.337 e. The van der Waals surface area contributed by atoms with Gasteiger partial charge in [0, 0.05) is 12.5 Å². The van der Waals surface area contributed by atoms with Crippen molar-refractivity contribution >= 4 is 27.5 Å². The van der Waals surface area contributed by atoms with E-state index in [1.807, 2.05) is 32.0 Å². The molecule has 1 aliphatic rings. The van der Waals surface area contributed by atoms with E-state index in [0.717, 1.165) is 17.5 Å². The minimum absolute atomic E-state index is 0.0415. The highest BCUT2D eigenvalue weighted by Gasteiger charge is 2.34. The number of nitrogens with zero attached hydrogens (tertiary/aromatic N) is 4. The Kier molecular flexibility index (Phi) is 4.36. The number of aromatic nitrogens is 3. The average molecular weight is 372 g/mol. The van der Waals surface area contributed by atoms with Crippen LogP contribution in [0.5, 0.6) is 0 Å². The summed E-state index contributed by atoms with van der Waals surface area (Å²) in [6.45, 7) is 4.68. The summed E-state index contributed by atoms with van der Waals surface area (Å²) < 4.78 is 7.81. The van der Waals surface area contributed by atoms with Crippen LogP contribution in [0.3, 0.4) is 0 Å². The van der Waals surface area contributed by atoms with Crippen molar-refractivity contribution in [1.82, 2.24) is 19.0 Å². The Morgan fingerprint density at radius 3 is 2.92 bits per heavy atom. The van der Waals surface area contributed by atoms with Gasteiger partial charge in [0.05, 0.1) is 10.1 Å². The summed E-state index contributed by atoms with van der Waals surface area (Å²) >= 11 is 1.32. The fourth-order valence-corrected chi connectivity index (χ4v) is 4.26. The predicted octanol–water partition coefficient (Wildman–Crippen LogP) is 2.93. The third-order valence-corrected chi connectivity index (χ3v) is 5.73. The highest BCUT2D eigenvalue weighted by Crippen LogP contribution is 2.32. The average Bonchev–Trinajstić information content (AvgIpc) is 3.34. The van der Waals surface area contributed by atoms with Crippen molar-refractivity contribution < 1.29 is 9.32 Å². The summed E-state index contributed by atoms with van der Waals surface area (Å²) in [5.74, 6) is 1.23. The lowest BCUT2D eigenvalue weighted by atomic mass is 10.2. The lowest BCUT2D eigenvalue weighted by molar-refractivity contribution is -0.133. The van der Waals surface area contributed by atoms with Gasteiger partial charge in [0.25, 0.3) is 5.56 Å². The lowest BCUT2D eigenvalue weighted by Crippen LogP contribution is -2.35. The maximum atomic E-state index is 12.9. The van der Waals surface area contributed by atoms with Crippen LogP contribution >= 0.6 is 11.5 Å². The van der Waals surface area contributed by atoms with Crippen molar-refractivity contribution in [2.24, 2.45) is 0 Å². The molecular weight excluding hydrogens is 352 g/mol. The van der Waals surface area contributed by atoms with Crippen LogP contribution in [0.25, 0.3) is 10.1 Å². The molecule has 1 aromatic carbocycles. The summed E-state index contributed by atoms with van der Waals surface area (Å²) in [7, 11) is 0. The molecule has 0 aliphatic carbocycles. The molecule has 0 saturated carbocycles. The lowest BCUT2D eigenvalue weighted by Gasteiger charge is -2.21. The van der Waals surface area contributed by atoms with Gasteiger partial charge in [-0.3, -0.25) is 13.5 Å². The van der Waals surface area contributed by atoms with Crippen molar-refractivity contribution in [2.45, 2.75) is 45.2 Å². The molecule has 1 aliphatic heterocycles. The Hall–Kier alpha value is -2.48. The fraction of sp³-hybridized carbons (Fsp3) is 0.444. The molecule has 2 aromatic heterocycles. The summed E-state index contributed by atoms with van der Waals surface area (Å²) in [5.41, 5.74) is -0.116. The third-order valence-electron chi connectivity index (χ3n) is 4.66. The molecule has 26 heavy (non-hydrogen) atoms. The van der Waals surface area contributed by atoms with Crippen molar-refractivity contribution in [3.8, 4) is 0 Å². The highest BCUT2D eigenvalue weighted by atomic mass is 32.1. The maximum absolute atomic E-state index is 12.9. The van der Waals surface area contributed by atoms with Crippen LogP contribution in [-0.4, -0.2) is 31.4 Å². The molecule has 4 rings (SSSR count). The van der Waals surface area contributed by atoms with E-state index in [1.54, 1.807) is 11.0 Å². The zero-order valence-electron chi connectivity index (χ0n) is 14.7. The number of carbonyl (C=O) groups excluding carboxylic acids is 1. The van der Waals surface area contributed by atoms with Gasteiger partial charge in [-0.15, -0.1) is 0 Å². The molecule has 7 nitrogen and oxygen atoms in total. The van der Waals surface area contributed by atoms with Gasteiger partial charge >= 0.3 is 0 Å². The second kappa shape index (κ2) is 6.68. The minimum Gasteiger partial charge on any atom is -0.337 e. The third kappa shape index (κ3) is 2.94. The summed E-state index contributed by atoms with van der Waals surface area (Å²) in [5, 5.41) is 4.66. The van der Waals surface area contributed by atoms with Gasteiger partial charge in [-0.1, -0.05) is 42.7 Å². The van der Waals surface area contributed by atoms with Gasteiger partial charge in [0.2, 0.25) is 11.8 Å². The number of benzene rings is 1. The second-order valence-electron chi connectivity index (χ2n) is 6.82. The minimum atomic E-state index is -0.201. The van der Waals surface area contributed by atoms with Crippen LogP contribution in [0.1, 0.15) is 50.4 Å². The smallest absolute Gasteiger partial charge is 0.268 e. The summed E-state index contributed by atoms with van der Waals surface area (Å²) in [4.78, 5) is 31.5. The Bertz CT molecular complexity index is 1000. The zero-order valence-corrected chi connectivity index (χ0v) is 15.5. The van der Waals surface area contributed by atoms with Crippen molar-refractivity contribution in [3.63, 3.8) is 0 Å². The molecule has 0 N–H and O–H groups in total. The Balaban J connectivity index is 1.56. The number of hydrogen-bond acceptors (Lipinski definition) is 6. The van der Waals surface area contributed by atoms with Gasteiger partial charge in [-0.05, 0) is 25.0 Å². The van der Waals surface area contributed by atoms with Crippen LogP contribution in [0.4, 0.5) is 0 Å². The zero-order chi connectivity index (χ0) is 18.3. The van der Waals surface area contributed by atoms with E-state index >= 15 is 0 Å². The van der Waals surface area contributed by atoms with Crippen LogP contribution in [0.2, 0.25) is 0 Å². The van der Waals surface area contributed by atoms with Crippen LogP contribution in [0.15, 0.2) is 33.6 Å². The molecule has 0 unspecified atom stereocenters. The second-order valence-corrected chi connectivity index (χ2v) is 7.88. The molecule has 0 bridgehead atoms. The Morgan fingerprint density at radius 2 is 2.19 bits per heavy atom. The molecule has 3 heterocycles. The van der Waals surface area contributed by atoms with Gasteiger partial charge < -0.3 is 9.42 Å². The van der Waals surface area contributed by atoms with Crippen molar-refractivity contribution in [2.75, 3.05) is 6.54 Å². The van der Waals surface area contributed by atoms with E-state index in [4.69, 9.17) is 4.52 Å². The van der Waals surface area contributed by atoms with Crippen LogP contribution < -0.4 is 5.56 Å². The van der Waals surface area contributed by atoms with Gasteiger partial charge in [0.1, 0.15) is 12.6 Å². The van der Waals surface area contributed by atoms with Gasteiger partial charge in [-0.2, -0.15) is 4.98 Å². The predicted molar refractivity (Wildman–Crippen MR) is 98.2 cm³/mol. The number of hydrogen-bond donors (Lipinski definition) is 0. The molecule has 8 heteroatoms. The first-order valence-electron chi connectivity index (χ1n) is 8.76. The quantitative estimate of drug-likeness (QED) is 0.703. The van der Waals surface area contributed by atoms with E-state index in [2.05, 4.69) is 10.1 Å². The number of rotatable bonds is 4. The van der Waals surface area contributed by atoms with E-state index in [0.29, 0.717) is 23.6 Å². The van der Waals surface area contributed by atoms with E-state index < -0.39 is 0 Å². The molecule has 1 fully saturated rings. The Morgan fingerprint density at radius 1 is 1.38 bits per heavy atom. The molecule has 1 saturated heterocycles. The Labute approximate surface area is 154 Å². The molecular formula is C18H20N4O3S. The molecule has 136 valence electrons. The number of amides is 1. The van der Waals surface area contributed by atoms with Crippen molar-refractivity contribution in [3.05, 3.63) is 46.3 Å². The molecule has 1 atom stereocenters. The van der Waals surface area contributed by atoms with E-state index in [9.17, 15) is 9.59 Å². The summed E-state index contributed by atoms with van der Waals surface area (Å²) in [6.07, 6.45) is 1.68.